The number of hydrogen-bond donors (Lipinski definition) is 1. The molecule has 5 heteroatoms. The van der Waals surface area contributed by atoms with E-state index >= 15 is 0 Å². The van der Waals surface area contributed by atoms with E-state index in [4.69, 9.17) is 4.42 Å². The minimum Gasteiger partial charge on any atom is -0.481 e. The van der Waals surface area contributed by atoms with Crippen LogP contribution in [0.15, 0.2) is 47.0 Å². The highest BCUT2D eigenvalue weighted by Crippen LogP contribution is 2.33. The Balaban J connectivity index is 2.12. The van der Waals surface area contributed by atoms with Crippen LogP contribution in [-0.2, 0) is 4.79 Å². The summed E-state index contributed by atoms with van der Waals surface area (Å²) in [6.45, 7) is 5.68. The van der Waals surface area contributed by atoms with E-state index in [9.17, 15) is 14.3 Å². The molecule has 1 atom stereocenters. The molecule has 0 radical (unpaired) electrons. The van der Waals surface area contributed by atoms with E-state index < -0.39 is 17.7 Å². The summed E-state index contributed by atoms with van der Waals surface area (Å²) < 4.78 is 19.9. The van der Waals surface area contributed by atoms with Crippen LogP contribution in [0, 0.1) is 26.6 Å². The van der Waals surface area contributed by atoms with Crippen LogP contribution in [0.25, 0.3) is 11.1 Å². The van der Waals surface area contributed by atoms with Crippen LogP contribution in [0.2, 0.25) is 0 Å². The van der Waals surface area contributed by atoms with Crippen LogP contribution >= 0.6 is 0 Å². The van der Waals surface area contributed by atoms with Crippen molar-refractivity contribution in [3.63, 3.8) is 0 Å². The lowest BCUT2D eigenvalue weighted by Crippen LogP contribution is -2.09. The number of oxazole rings is 1. The smallest absolute Gasteiger partial charge is 0.304 e. The van der Waals surface area contributed by atoms with E-state index in [0.717, 1.165) is 16.7 Å². The van der Waals surface area contributed by atoms with Crippen LogP contribution in [0.1, 0.15) is 40.7 Å². The van der Waals surface area contributed by atoms with Crippen molar-refractivity contribution in [3.8, 4) is 11.1 Å². The maximum absolute atomic E-state index is 14.4. The number of nitrogens with zero attached hydrogens (tertiary/aromatic N) is 1. The number of benzene rings is 2. The topological polar surface area (TPSA) is 63.3 Å². The molecule has 3 aromatic rings. The molecule has 0 saturated carbocycles. The largest absolute Gasteiger partial charge is 0.481 e. The van der Waals surface area contributed by atoms with Gasteiger partial charge in [-0.05, 0) is 55.2 Å². The van der Waals surface area contributed by atoms with Crippen LogP contribution < -0.4 is 0 Å². The summed E-state index contributed by atoms with van der Waals surface area (Å²) in [6, 6.07) is 10.6. The zero-order valence-electron chi connectivity index (χ0n) is 14.9. The van der Waals surface area contributed by atoms with Crippen molar-refractivity contribution < 1.29 is 18.7 Å². The standard InChI is InChI=1S/C21H20FNO3/c1-12-4-5-13(2)18(6-12)15-7-16(9-17(22)8-15)19(10-20(24)25)21-23-11-14(3)26-21/h4-9,11,19H,10H2,1-3H3,(H,24,25). The molecule has 0 aliphatic carbocycles. The van der Waals surface area contributed by atoms with E-state index in [1.807, 2.05) is 38.1 Å². The molecule has 0 fully saturated rings. The minimum absolute atomic E-state index is 0.227. The van der Waals surface area contributed by atoms with E-state index in [2.05, 4.69) is 4.98 Å². The number of carbonyl (C=O) groups is 1. The van der Waals surface area contributed by atoms with Gasteiger partial charge in [-0.25, -0.2) is 9.37 Å². The number of carboxylic acids is 1. The van der Waals surface area contributed by atoms with Crippen molar-refractivity contribution in [2.45, 2.75) is 33.1 Å². The van der Waals surface area contributed by atoms with Gasteiger partial charge < -0.3 is 9.52 Å². The molecule has 4 nitrogen and oxygen atoms in total. The number of aromatic nitrogens is 1. The molecular formula is C21H20FNO3. The Bertz CT molecular complexity index is 962. The molecule has 0 spiro atoms. The SMILES string of the molecule is Cc1ccc(C)c(-c2cc(F)cc(C(CC(=O)O)c3ncc(C)o3)c2)c1. The summed E-state index contributed by atoms with van der Waals surface area (Å²) in [5.41, 5.74) is 4.25. The fraction of sp³-hybridized carbons (Fsp3) is 0.238. The molecule has 0 bridgehead atoms. The van der Waals surface area contributed by atoms with Gasteiger partial charge in [-0.1, -0.05) is 29.8 Å². The average molecular weight is 353 g/mol. The second-order valence-electron chi connectivity index (χ2n) is 6.55. The van der Waals surface area contributed by atoms with Gasteiger partial charge in [0, 0.05) is 0 Å². The summed E-state index contributed by atoms with van der Waals surface area (Å²) in [5.74, 6) is -1.20. The van der Waals surface area contributed by atoms with Crippen LogP contribution in [0.4, 0.5) is 4.39 Å². The Hall–Kier alpha value is -2.95. The number of rotatable bonds is 5. The molecule has 1 aromatic heterocycles. The fourth-order valence-electron chi connectivity index (χ4n) is 3.07. The molecule has 134 valence electrons. The van der Waals surface area contributed by atoms with Crippen molar-refractivity contribution in [1.29, 1.82) is 0 Å². The lowest BCUT2D eigenvalue weighted by Gasteiger charge is -2.15. The summed E-state index contributed by atoms with van der Waals surface area (Å²) >= 11 is 0. The second-order valence-corrected chi connectivity index (χ2v) is 6.55. The van der Waals surface area contributed by atoms with Gasteiger partial charge in [-0.15, -0.1) is 0 Å². The highest BCUT2D eigenvalue weighted by Gasteiger charge is 2.24. The lowest BCUT2D eigenvalue weighted by atomic mass is 9.90. The molecule has 0 aliphatic heterocycles. The van der Waals surface area contributed by atoms with Crippen molar-refractivity contribution >= 4 is 5.97 Å². The monoisotopic (exact) mass is 353 g/mol. The van der Waals surface area contributed by atoms with Gasteiger partial charge in [0.25, 0.3) is 0 Å². The van der Waals surface area contributed by atoms with Crippen LogP contribution in [0.5, 0.6) is 0 Å². The molecule has 1 heterocycles. The number of hydrogen-bond acceptors (Lipinski definition) is 3. The zero-order chi connectivity index (χ0) is 18.8. The lowest BCUT2D eigenvalue weighted by molar-refractivity contribution is -0.137. The Labute approximate surface area is 151 Å². The first-order valence-electron chi connectivity index (χ1n) is 8.35. The van der Waals surface area contributed by atoms with Crippen molar-refractivity contribution in [1.82, 2.24) is 4.98 Å². The second kappa shape index (κ2) is 7.12. The molecule has 0 amide bonds. The third kappa shape index (κ3) is 3.82. The predicted octanol–water partition coefficient (Wildman–Crippen LogP) is 5.01. The summed E-state index contributed by atoms with van der Waals surface area (Å²) in [5, 5.41) is 9.29. The van der Waals surface area contributed by atoms with E-state index in [0.29, 0.717) is 16.9 Å². The highest BCUT2D eigenvalue weighted by molar-refractivity contribution is 5.71. The summed E-state index contributed by atoms with van der Waals surface area (Å²) in [4.78, 5) is 15.5. The number of aliphatic carboxylic acids is 1. The Morgan fingerprint density at radius 2 is 1.96 bits per heavy atom. The third-order valence-corrected chi connectivity index (χ3v) is 4.34. The minimum atomic E-state index is -0.997. The number of aryl methyl sites for hydroxylation is 3. The van der Waals surface area contributed by atoms with E-state index in [-0.39, 0.29) is 12.3 Å². The quantitative estimate of drug-likeness (QED) is 0.700. The molecule has 0 aliphatic rings. The third-order valence-electron chi connectivity index (χ3n) is 4.34. The van der Waals surface area contributed by atoms with Crippen LogP contribution in [0.3, 0.4) is 0 Å². The van der Waals surface area contributed by atoms with Crippen LogP contribution in [-0.4, -0.2) is 16.1 Å². The molecule has 1 unspecified atom stereocenters. The van der Waals surface area contributed by atoms with Gasteiger partial charge in [0.2, 0.25) is 5.89 Å². The predicted molar refractivity (Wildman–Crippen MR) is 96.6 cm³/mol. The summed E-state index contributed by atoms with van der Waals surface area (Å²) in [6.07, 6.45) is 1.31. The average Bonchev–Trinajstić information content (AvgIpc) is 3.00. The first-order valence-corrected chi connectivity index (χ1v) is 8.35. The Kier molecular flexibility index (Phi) is 4.89. The normalized spacial score (nSPS) is 12.2. The Morgan fingerprint density at radius 1 is 1.19 bits per heavy atom. The Morgan fingerprint density at radius 3 is 2.62 bits per heavy atom. The van der Waals surface area contributed by atoms with Gasteiger partial charge in [0.1, 0.15) is 11.6 Å². The molecule has 0 saturated heterocycles. The maximum atomic E-state index is 14.4. The number of carboxylic acid groups (broad SMARTS) is 1. The zero-order valence-corrected chi connectivity index (χ0v) is 14.9. The van der Waals surface area contributed by atoms with Gasteiger partial charge >= 0.3 is 5.97 Å². The maximum Gasteiger partial charge on any atom is 0.304 e. The molecular weight excluding hydrogens is 333 g/mol. The van der Waals surface area contributed by atoms with E-state index in [1.165, 1.54) is 18.3 Å². The highest BCUT2D eigenvalue weighted by atomic mass is 19.1. The molecule has 26 heavy (non-hydrogen) atoms. The van der Waals surface area contributed by atoms with Gasteiger partial charge in [-0.2, -0.15) is 0 Å². The molecule has 3 rings (SSSR count). The van der Waals surface area contributed by atoms with Gasteiger partial charge in [0.05, 0.1) is 18.5 Å². The van der Waals surface area contributed by atoms with E-state index in [1.54, 1.807) is 6.92 Å². The fourth-order valence-corrected chi connectivity index (χ4v) is 3.07. The van der Waals surface area contributed by atoms with Gasteiger partial charge in [0.15, 0.2) is 0 Å². The first-order chi connectivity index (χ1) is 12.3. The van der Waals surface area contributed by atoms with Crippen molar-refractivity contribution in [2.75, 3.05) is 0 Å². The van der Waals surface area contributed by atoms with Crippen molar-refractivity contribution in [3.05, 3.63) is 76.8 Å². The number of halogens is 1. The van der Waals surface area contributed by atoms with Crippen molar-refractivity contribution in [2.24, 2.45) is 0 Å². The molecule has 1 N–H and O–H groups in total. The molecule has 2 aromatic carbocycles. The summed E-state index contributed by atoms with van der Waals surface area (Å²) in [7, 11) is 0. The first kappa shape index (κ1) is 17.9. The van der Waals surface area contributed by atoms with Gasteiger partial charge in [-0.3, -0.25) is 4.79 Å².